The highest BCUT2D eigenvalue weighted by Gasteiger charge is 2.34. The van der Waals surface area contributed by atoms with E-state index in [1.165, 1.54) is 0 Å². The minimum absolute atomic E-state index is 0.0936. The van der Waals surface area contributed by atoms with Crippen LogP contribution in [0.15, 0.2) is 36.4 Å². The number of hydrogen-bond acceptors (Lipinski definition) is 2. The van der Waals surface area contributed by atoms with Crippen molar-refractivity contribution >= 4 is 16.6 Å². The molecule has 0 aliphatic rings. The van der Waals surface area contributed by atoms with E-state index < -0.39 is 0 Å². The molecule has 0 fully saturated rings. The second-order valence-electron chi connectivity index (χ2n) is 6.93. The molecule has 118 valence electrons. The van der Waals surface area contributed by atoms with Gasteiger partial charge in [0.25, 0.3) is 0 Å². The second kappa shape index (κ2) is 6.12. The Hall–Kier alpha value is -1.83. The van der Waals surface area contributed by atoms with Crippen LogP contribution in [-0.4, -0.2) is 12.9 Å². The molecule has 0 bridgehead atoms. The molecule has 0 aliphatic carbocycles. The minimum Gasteiger partial charge on any atom is -0.497 e. The van der Waals surface area contributed by atoms with E-state index in [4.69, 9.17) is 4.74 Å². The Morgan fingerprint density at radius 2 is 1.59 bits per heavy atom. The molecule has 0 saturated carbocycles. The summed E-state index contributed by atoms with van der Waals surface area (Å²) in [5.74, 6) is 1.39. The zero-order valence-electron chi connectivity index (χ0n) is 14.4. The van der Waals surface area contributed by atoms with Crippen LogP contribution in [0, 0.1) is 11.3 Å². The Morgan fingerprint density at radius 3 is 2.18 bits per heavy atom. The van der Waals surface area contributed by atoms with E-state index in [2.05, 4.69) is 32.0 Å². The van der Waals surface area contributed by atoms with Gasteiger partial charge in [-0.25, -0.2) is 0 Å². The van der Waals surface area contributed by atoms with Crippen LogP contribution in [0.4, 0.5) is 0 Å². The number of fused-ring (bicyclic) bond motifs is 1. The summed E-state index contributed by atoms with van der Waals surface area (Å²) in [6.45, 7) is 10.3. The van der Waals surface area contributed by atoms with Gasteiger partial charge in [-0.1, -0.05) is 58.9 Å². The third kappa shape index (κ3) is 3.01. The number of ether oxygens (including phenoxy) is 1. The number of carbonyl (C=O) groups excluding carboxylic acids is 1. The van der Waals surface area contributed by atoms with Crippen LogP contribution in [0.25, 0.3) is 10.8 Å². The van der Waals surface area contributed by atoms with E-state index in [-0.39, 0.29) is 11.3 Å². The highest BCUT2D eigenvalue weighted by Crippen LogP contribution is 2.35. The number of ketones is 1. The molecule has 2 aromatic carbocycles. The van der Waals surface area contributed by atoms with Gasteiger partial charge in [0.1, 0.15) is 11.5 Å². The molecule has 0 heterocycles. The molecule has 2 aromatic rings. The van der Waals surface area contributed by atoms with Crippen molar-refractivity contribution in [3.8, 4) is 5.75 Å². The molecule has 0 N–H and O–H groups in total. The Kier molecular flexibility index (Phi) is 4.60. The highest BCUT2D eigenvalue weighted by molar-refractivity contribution is 5.92. The molecule has 0 aliphatic heterocycles. The van der Waals surface area contributed by atoms with Crippen LogP contribution in [0.1, 0.15) is 46.1 Å². The van der Waals surface area contributed by atoms with Crippen LogP contribution in [-0.2, 0) is 4.79 Å². The summed E-state index contributed by atoms with van der Waals surface area (Å²) in [6, 6.07) is 12.3. The van der Waals surface area contributed by atoms with Gasteiger partial charge in [-0.3, -0.25) is 4.79 Å². The van der Waals surface area contributed by atoms with Gasteiger partial charge in [0.05, 0.1) is 7.11 Å². The molecule has 1 atom stereocenters. The average molecular weight is 298 g/mol. The average Bonchev–Trinajstić information content (AvgIpc) is 2.52. The SMILES string of the molecule is COc1ccc2cc([C@H](C)C(=O)C(C)(C)C(C)C)ccc2c1. The summed E-state index contributed by atoms with van der Waals surface area (Å²) in [5.41, 5.74) is 0.769. The molecule has 2 heteroatoms. The molecule has 0 amide bonds. The van der Waals surface area contributed by atoms with Gasteiger partial charge in [0.2, 0.25) is 0 Å². The summed E-state index contributed by atoms with van der Waals surface area (Å²) in [4.78, 5) is 12.8. The van der Waals surface area contributed by atoms with E-state index >= 15 is 0 Å². The molecular formula is C20H26O2. The Morgan fingerprint density at radius 1 is 1.00 bits per heavy atom. The first-order chi connectivity index (χ1) is 10.3. The van der Waals surface area contributed by atoms with Gasteiger partial charge < -0.3 is 4.74 Å². The van der Waals surface area contributed by atoms with Crippen LogP contribution in [0.3, 0.4) is 0 Å². The third-order valence-corrected chi connectivity index (χ3v) is 5.04. The lowest BCUT2D eigenvalue weighted by Crippen LogP contribution is -2.33. The minimum atomic E-state index is -0.311. The van der Waals surface area contributed by atoms with Crippen LogP contribution >= 0.6 is 0 Å². The summed E-state index contributed by atoms with van der Waals surface area (Å²) >= 11 is 0. The lowest BCUT2D eigenvalue weighted by atomic mass is 9.72. The lowest BCUT2D eigenvalue weighted by Gasteiger charge is -2.30. The third-order valence-electron chi connectivity index (χ3n) is 5.04. The normalized spacial score (nSPS) is 13.4. The maximum atomic E-state index is 12.8. The van der Waals surface area contributed by atoms with E-state index in [0.717, 1.165) is 22.1 Å². The Labute approximate surface area is 133 Å². The number of rotatable bonds is 5. The maximum absolute atomic E-state index is 12.8. The van der Waals surface area contributed by atoms with Crippen molar-refractivity contribution in [2.24, 2.45) is 11.3 Å². The van der Waals surface area contributed by atoms with Gasteiger partial charge >= 0.3 is 0 Å². The van der Waals surface area contributed by atoms with Gasteiger partial charge in [-0.15, -0.1) is 0 Å². The van der Waals surface area contributed by atoms with Gasteiger partial charge in [-0.2, -0.15) is 0 Å². The monoisotopic (exact) mass is 298 g/mol. The molecule has 22 heavy (non-hydrogen) atoms. The van der Waals surface area contributed by atoms with Crippen molar-refractivity contribution < 1.29 is 9.53 Å². The van der Waals surface area contributed by atoms with Crippen LogP contribution in [0.5, 0.6) is 5.75 Å². The van der Waals surface area contributed by atoms with Gasteiger partial charge in [0, 0.05) is 11.3 Å². The molecule has 0 unspecified atom stereocenters. The maximum Gasteiger partial charge on any atom is 0.145 e. The highest BCUT2D eigenvalue weighted by atomic mass is 16.5. The quantitative estimate of drug-likeness (QED) is 0.758. The fourth-order valence-electron chi connectivity index (χ4n) is 2.63. The zero-order valence-corrected chi connectivity index (χ0v) is 14.4. The first-order valence-electron chi connectivity index (χ1n) is 7.89. The molecule has 2 nitrogen and oxygen atoms in total. The van der Waals surface area contributed by atoms with Crippen molar-refractivity contribution in [2.45, 2.75) is 40.5 Å². The van der Waals surface area contributed by atoms with Crippen molar-refractivity contribution in [3.05, 3.63) is 42.0 Å². The van der Waals surface area contributed by atoms with Crippen molar-refractivity contribution in [1.82, 2.24) is 0 Å². The first-order valence-corrected chi connectivity index (χ1v) is 7.89. The fraction of sp³-hybridized carbons (Fsp3) is 0.450. The molecular weight excluding hydrogens is 272 g/mol. The lowest BCUT2D eigenvalue weighted by molar-refractivity contribution is -0.130. The standard InChI is InChI=1S/C20H26O2/c1-13(2)20(4,5)19(21)14(3)15-7-8-17-12-18(22-6)10-9-16(17)11-15/h7-14H,1-6H3/t14-/m0/s1. The summed E-state index contributed by atoms with van der Waals surface area (Å²) in [6.07, 6.45) is 0. The van der Waals surface area contributed by atoms with E-state index in [1.54, 1.807) is 7.11 Å². The number of Topliss-reactive ketones (excluding diaryl/α,β-unsaturated/α-hetero) is 1. The number of methoxy groups -OCH3 is 1. The number of hydrogen-bond donors (Lipinski definition) is 0. The second-order valence-corrected chi connectivity index (χ2v) is 6.93. The number of benzene rings is 2. The largest absolute Gasteiger partial charge is 0.497 e. The molecule has 0 saturated heterocycles. The molecule has 2 rings (SSSR count). The van der Waals surface area contributed by atoms with Crippen LogP contribution < -0.4 is 4.74 Å². The Bertz CT molecular complexity index is 683. The smallest absolute Gasteiger partial charge is 0.145 e. The summed E-state index contributed by atoms with van der Waals surface area (Å²) in [5, 5.41) is 2.27. The topological polar surface area (TPSA) is 26.3 Å². The van der Waals surface area contributed by atoms with E-state index in [9.17, 15) is 4.79 Å². The molecule has 0 aromatic heterocycles. The first kappa shape index (κ1) is 16.5. The van der Waals surface area contributed by atoms with Gasteiger partial charge in [-0.05, 0) is 34.4 Å². The predicted octanol–water partition coefficient (Wildman–Crippen LogP) is 5.20. The fourth-order valence-corrected chi connectivity index (χ4v) is 2.63. The van der Waals surface area contributed by atoms with Crippen molar-refractivity contribution in [1.29, 1.82) is 0 Å². The van der Waals surface area contributed by atoms with Crippen molar-refractivity contribution in [2.75, 3.05) is 7.11 Å². The van der Waals surface area contributed by atoms with Crippen molar-refractivity contribution in [3.63, 3.8) is 0 Å². The Balaban J connectivity index is 2.36. The molecule has 0 spiro atoms. The number of carbonyl (C=O) groups is 1. The zero-order chi connectivity index (χ0) is 16.5. The summed E-state index contributed by atoms with van der Waals surface area (Å²) < 4.78 is 5.26. The molecule has 0 radical (unpaired) electrons. The van der Waals surface area contributed by atoms with E-state index in [0.29, 0.717) is 11.7 Å². The van der Waals surface area contributed by atoms with E-state index in [1.807, 2.05) is 39.0 Å². The summed E-state index contributed by atoms with van der Waals surface area (Å²) in [7, 11) is 1.67. The van der Waals surface area contributed by atoms with Gasteiger partial charge in [0.15, 0.2) is 0 Å². The van der Waals surface area contributed by atoms with Crippen LogP contribution in [0.2, 0.25) is 0 Å². The predicted molar refractivity (Wildman–Crippen MR) is 92.5 cm³/mol.